The van der Waals surface area contributed by atoms with Crippen molar-refractivity contribution in [3.63, 3.8) is 0 Å². The fourth-order valence-electron chi connectivity index (χ4n) is 2.87. The molecule has 0 spiro atoms. The molecule has 0 fully saturated rings. The number of hydrogen-bond acceptors (Lipinski definition) is 9. The first kappa shape index (κ1) is 29.4. The number of carbonyl (C=O) groups excluding carboxylic acids is 4. The molecule has 2 amide bonds. The van der Waals surface area contributed by atoms with Gasteiger partial charge in [0.25, 0.3) is 0 Å². The third-order valence-corrected chi connectivity index (χ3v) is 4.70. The van der Waals surface area contributed by atoms with Crippen LogP contribution in [0.5, 0.6) is 0 Å². The van der Waals surface area contributed by atoms with Gasteiger partial charge >= 0.3 is 12.2 Å². The van der Waals surface area contributed by atoms with Crippen molar-refractivity contribution < 1.29 is 42.9 Å². The third-order valence-electron chi connectivity index (χ3n) is 4.70. The molecule has 0 atom stereocenters. The Bertz CT molecular complexity index is 926. The molecule has 37 heavy (non-hydrogen) atoms. The minimum absolute atomic E-state index is 0.136. The van der Waals surface area contributed by atoms with Crippen LogP contribution in [-0.4, -0.2) is 76.6 Å². The van der Waals surface area contributed by atoms with Crippen molar-refractivity contribution in [3.8, 4) is 0 Å². The molecule has 0 aliphatic carbocycles. The number of benzene rings is 2. The summed E-state index contributed by atoms with van der Waals surface area (Å²) in [5, 5.41) is 5.10. The molecule has 200 valence electrons. The van der Waals surface area contributed by atoms with Gasteiger partial charge in [0.2, 0.25) is 0 Å². The Morgan fingerprint density at radius 2 is 0.946 bits per heavy atom. The predicted molar refractivity (Wildman–Crippen MR) is 135 cm³/mol. The molecule has 2 rings (SSSR count). The Hall–Kier alpha value is -3.80. The highest BCUT2D eigenvalue weighted by Gasteiger charge is 2.11. The highest BCUT2D eigenvalue weighted by atomic mass is 16.6. The summed E-state index contributed by atoms with van der Waals surface area (Å²) in [4.78, 5) is 48.1. The fraction of sp³-hybridized carbons (Fsp3) is 0.385. The zero-order valence-corrected chi connectivity index (χ0v) is 20.9. The SMILES string of the molecule is CCOCCOC(=O)Nc1ccc(C(=O)COCC(=O)c2ccc(NC(=O)OCCOCC)cc2)cc1. The molecule has 0 aliphatic rings. The summed E-state index contributed by atoms with van der Waals surface area (Å²) in [5.74, 6) is -0.637. The predicted octanol–water partition coefficient (Wildman–Crippen LogP) is 3.94. The number of carbonyl (C=O) groups is 4. The van der Waals surface area contributed by atoms with Gasteiger partial charge in [0.1, 0.15) is 26.4 Å². The van der Waals surface area contributed by atoms with E-state index in [-0.39, 0.29) is 38.0 Å². The molecule has 0 saturated carbocycles. The molecule has 0 aromatic heterocycles. The Balaban J connectivity index is 1.71. The monoisotopic (exact) mass is 516 g/mol. The molecular formula is C26H32N2O9. The summed E-state index contributed by atoms with van der Waals surface area (Å²) in [6, 6.07) is 12.4. The van der Waals surface area contributed by atoms with E-state index in [1.165, 1.54) is 24.3 Å². The first-order chi connectivity index (χ1) is 17.9. The molecule has 11 nitrogen and oxygen atoms in total. The van der Waals surface area contributed by atoms with E-state index in [9.17, 15) is 19.2 Å². The van der Waals surface area contributed by atoms with Crippen LogP contribution in [0.1, 0.15) is 34.6 Å². The van der Waals surface area contributed by atoms with Crippen molar-refractivity contribution >= 4 is 35.1 Å². The summed E-state index contributed by atoms with van der Waals surface area (Å²) in [7, 11) is 0. The van der Waals surface area contributed by atoms with E-state index in [1.54, 1.807) is 24.3 Å². The minimum Gasteiger partial charge on any atom is -0.447 e. The number of anilines is 2. The molecule has 0 unspecified atom stereocenters. The highest BCUT2D eigenvalue weighted by Crippen LogP contribution is 2.12. The van der Waals surface area contributed by atoms with E-state index < -0.39 is 12.2 Å². The summed E-state index contributed by atoms with van der Waals surface area (Å²) in [6.45, 7) is 5.10. The molecule has 0 radical (unpaired) electrons. The molecular weight excluding hydrogens is 484 g/mol. The molecule has 0 heterocycles. The quantitative estimate of drug-likeness (QED) is 0.251. The second-order valence-electron chi connectivity index (χ2n) is 7.41. The lowest BCUT2D eigenvalue weighted by Gasteiger charge is -2.08. The van der Waals surface area contributed by atoms with Crippen molar-refractivity contribution in [3.05, 3.63) is 59.7 Å². The van der Waals surface area contributed by atoms with Crippen molar-refractivity contribution in [2.75, 3.05) is 63.5 Å². The molecule has 0 bridgehead atoms. The fourth-order valence-corrected chi connectivity index (χ4v) is 2.87. The maximum absolute atomic E-state index is 12.3. The van der Waals surface area contributed by atoms with Gasteiger partial charge in [-0.05, 0) is 62.4 Å². The normalized spacial score (nSPS) is 10.4. The lowest BCUT2D eigenvalue weighted by molar-refractivity contribution is 0.0672. The van der Waals surface area contributed by atoms with Gasteiger partial charge in [-0.15, -0.1) is 0 Å². The number of nitrogens with one attached hydrogen (secondary N) is 2. The zero-order chi connectivity index (χ0) is 26.9. The molecule has 11 heteroatoms. The van der Waals surface area contributed by atoms with Crippen LogP contribution >= 0.6 is 0 Å². The Morgan fingerprint density at radius 1 is 0.568 bits per heavy atom. The van der Waals surface area contributed by atoms with Gasteiger partial charge in [0, 0.05) is 35.7 Å². The van der Waals surface area contributed by atoms with Crippen LogP contribution in [0.3, 0.4) is 0 Å². The van der Waals surface area contributed by atoms with Crippen molar-refractivity contribution in [1.29, 1.82) is 0 Å². The Morgan fingerprint density at radius 3 is 1.30 bits per heavy atom. The summed E-state index contributed by atoms with van der Waals surface area (Å²) < 4.78 is 25.4. The highest BCUT2D eigenvalue weighted by molar-refractivity contribution is 5.99. The van der Waals surface area contributed by atoms with E-state index in [0.717, 1.165) is 0 Å². The van der Waals surface area contributed by atoms with Gasteiger partial charge in [0.15, 0.2) is 11.6 Å². The van der Waals surface area contributed by atoms with Crippen LogP contribution in [0.25, 0.3) is 0 Å². The van der Waals surface area contributed by atoms with Crippen molar-refractivity contribution in [2.24, 2.45) is 0 Å². The van der Waals surface area contributed by atoms with Gasteiger partial charge < -0.3 is 23.7 Å². The number of ether oxygens (including phenoxy) is 5. The van der Waals surface area contributed by atoms with Crippen LogP contribution in [0.2, 0.25) is 0 Å². The number of Topliss-reactive ketones (excluding diaryl/α,β-unsaturated/α-hetero) is 2. The largest absolute Gasteiger partial charge is 0.447 e. The molecule has 0 aliphatic heterocycles. The third kappa shape index (κ3) is 11.7. The Kier molecular flexibility index (Phi) is 13.4. The van der Waals surface area contributed by atoms with Gasteiger partial charge in [-0.3, -0.25) is 20.2 Å². The van der Waals surface area contributed by atoms with E-state index >= 15 is 0 Å². The first-order valence-corrected chi connectivity index (χ1v) is 11.8. The second-order valence-corrected chi connectivity index (χ2v) is 7.41. The summed E-state index contributed by atoms with van der Waals surface area (Å²) in [5.41, 5.74) is 1.66. The smallest absolute Gasteiger partial charge is 0.411 e. The molecule has 0 saturated heterocycles. The van der Waals surface area contributed by atoms with Crippen LogP contribution in [0.15, 0.2) is 48.5 Å². The van der Waals surface area contributed by atoms with Gasteiger partial charge in [0.05, 0.1) is 13.2 Å². The van der Waals surface area contributed by atoms with Crippen LogP contribution in [0, 0.1) is 0 Å². The maximum atomic E-state index is 12.3. The number of hydrogen-bond donors (Lipinski definition) is 2. The van der Waals surface area contributed by atoms with E-state index in [4.69, 9.17) is 23.7 Å². The topological polar surface area (TPSA) is 138 Å². The average Bonchev–Trinajstić information content (AvgIpc) is 2.90. The summed E-state index contributed by atoms with van der Waals surface area (Å²) >= 11 is 0. The van der Waals surface area contributed by atoms with Crippen molar-refractivity contribution in [2.45, 2.75) is 13.8 Å². The molecule has 2 aromatic carbocycles. The van der Waals surface area contributed by atoms with E-state index in [1.807, 2.05) is 13.8 Å². The minimum atomic E-state index is -0.623. The van der Waals surface area contributed by atoms with E-state index in [0.29, 0.717) is 48.9 Å². The molecule has 2 N–H and O–H groups in total. The Labute approximate surface area is 215 Å². The lowest BCUT2D eigenvalue weighted by atomic mass is 10.1. The number of rotatable bonds is 16. The van der Waals surface area contributed by atoms with Gasteiger partial charge in [-0.2, -0.15) is 0 Å². The zero-order valence-electron chi connectivity index (χ0n) is 20.9. The van der Waals surface area contributed by atoms with Crippen molar-refractivity contribution in [1.82, 2.24) is 0 Å². The van der Waals surface area contributed by atoms with Gasteiger partial charge in [-0.25, -0.2) is 9.59 Å². The van der Waals surface area contributed by atoms with Crippen LogP contribution in [0.4, 0.5) is 21.0 Å². The molecule has 2 aromatic rings. The van der Waals surface area contributed by atoms with E-state index in [2.05, 4.69) is 10.6 Å². The van der Waals surface area contributed by atoms with Crippen LogP contribution < -0.4 is 10.6 Å². The van der Waals surface area contributed by atoms with Crippen LogP contribution in [-0.2, 0) is 23.7 Å². The number of amides is 2. The summed E-state index contributed by atoms with van der Waals surface area (Å²) in [6.07, 6.45) is -1.25. The maximum Gasteiger partial charge on any atom is 0.411 e. The standard InChI is InChI=1S/C26H32N2O9/c1-3-33-13-15-36-25(31)27-21-9-5-19(6-10-21)23(29)17-35-18-24(30)20-7-11-22(12-8-20)28-26(32)37-16-14-34-4-2/h5-12H,3-4,13-18H2,1-2H3,(H,27,31)(H,28,32). The average molecular weight is 517 g/mol. The second kappa shape index (κ2) is 16.8. The van der Waals surface area contributed by atoms with Gasteiger partial charge in [-0.1, -0.05) is 0 Å². The number of ketones is 2. The lowest BCUT2D eigenvalue weighted by Crippen LogP contribution is -2.17. The first-order valence-electron chi connectivity index (χ1n) is 11.8.